The maximum atomic E-state index is 13.4. The first-order valence-electron chi connectivity index (χ1n) is 11.0. The van der Waals surface area contributed by atoms with Gasteiger partial charge in [-0.1, -0.05) is 31.9 Å². The Balaban J connectivity index is 3.31. The number of phenolic OH excluding ortho intramolecular Hbond substituents is 1. The number of amides is 4. The number of phenols is 1. The van der Waals surface area contributed by atoms with Gasteiger partial charge in [0.05, 0.1) is 0 Å². The number of nitrogens with zero attached hydrogens (tertiary/aromatic N) is 1. The fourth-order valence-electron chi connectivity index (χ4n) is 2.99. The third-order valence-electron chi connectivity index (χ3n) is 4.59. The summed E-state index contributed by atoms with van der Waals surface area (Å²) >= 11 is 0. The Labute approximate surface area is 200 Å². The van der Waals surface area contributed by atoms with Crippen LogP contribution in [0, 0.1) is 12.5 Å². The van der Waals surface area contributed by atoms with E-state index in [1.165, 1.54) is 24.3 Å². The minimum atomic E-state index is -1.28. The van der Waals surface area contributed by atoms with Gasteiger partial charge in [-0.15, -0.1) is 0 Å². The second-order valence-corrected chi connectivity index (χ2v) is 8.68. The van der Waals surface area contributed by atoms with Gasteiger partial charge >= 0.3 is 6.09 Å². The Kier molecular flexibility index (Phi) is 10.9. The summed E-state index contributed by atoms with van der Waals surface area (Å²) in [6.07, 6.45) is 5.97. The lowest BCUT2D eigenvalue weighted by atomic mass is 10.0. The first-order valence-corrected chi connectivity index (χ1v) is 11.0. The average molecular weight is 475 g/mol. The lowest BCUT2D eigenvalue weighted by molar-refractivity contribution is -0.138. The molecule has 2 atom stereocenters. The summed E-state index contributed by atoms with van der Waals surface area (Å²) in [6, 6.07) is 5.38. The first-order chi connectivity index (χ1) is 15.9. The van der Waals surface area contributed by atoms with Crippen LogP contribution in [-0.2, 0) is 19.1 Å². The number of benzene rings is 1. The zero-order valence-electron chi connectivity index (χ0n) is 20.1. The van der Waals surface area contributed by atoms with Crippen molar-refractivity contribution in [3.8, 4) is 18.2 Å². The van der Waals surface area contributed by atoms with Gasteiger partial charge in [-0.05, 0) is 51.3 Å². The minimum absolute atomic E-state index is 0.0293. The first kappa shape index (κ1) is 28.3. The molecule has 0 aliphatic heterocycles. The van der Waals surface area contributed by atoms with Crippen LogP contribution in [0.2, 0.25) is 0 Å². The summed E-state index contributed by atoms with van der Waals surface area (Å²) in [5.41, 5.74) is 4.75. The van der Waals surface area contributed by atoms with Gasteiger partial charge in [-0.2, -0.15) is 0 Å². The largest absolute Gasteiger partial charge is 0.508 e. The highest BCUT2D eigenvalue weighted by molar-refractivity contribution is 5.93. The second kappa shape index (κ2) is 13.1. The van der Waals surface area contributed by atoms with E-state index < -0.39 is 41.5 Å². The Bertz CT molecular complexity index is 902. The van der Waals surface area contributed by atoms with Crippen LogP contribution in [0.25, 0.3) is 0 Å². The van der Waals surface area contributed by atoms with Crippen molar-refractivity contribution in [2.75, 3.05) is 6.54 Å². The predicted octanol–water partition coefficient (Wildman–Crippen LogP) is 1.93. The number of hydrogen-bond acceptors (Lipinski definition) is 6. The third kappa shape index (κ3) is 9.40. The summed E-state index contributed by atoms with van der Waals surface area (Å²) in [5.74, 6) is -2.03. The second-order valence-electron chi connectivity index (χ2n) is 8.68. The molecule has 0 aliphatic rings. The van der Waals surface area contributed by atoms with Crippen LogP contribution in [0.15, 0.2) is 24.3 Å². The molecule has 0 bridgehead atoms. The molecule has 0 aromatic heterocycles. The number of unbranched alkanes of at least 4 members (excludes halogenated alkanes) is 1. The smallest absolute Gasteiger partial charge is 0.408 e. The van der Waals surface area contributed by atoms with E-state index in [4.69, 9.17) is 16.9 Å². The van der Waals surface area contributed by atoms with Crippen molar-refractivity contribution in [2.45, 2.75) is 71.1 Å². The molecule has 4 amide bonds. The minimum Gasteiger partial charge on any atom is -0.508 e. The molecule has 5 N–H and O–H groups in total. The fourth-order valence-corrected chi connectivity index (χ4v) is 2.99. The third-order valence-corrected chi connectivity index (χ3v) is 4.59. The van der Waals surface area contributed by atoms with Crippen molar-refractivity contribution in [2.24, 2.45) is 5.73 Å². The standard InChI is InChI=1S/C24H34N4O6/c1-6-8-15-26-21(31)20(16-9-11-17(29)12-10-16)28(7-2)22(32)18(13-14-19(25)30)27-23(33)34-24(3,4)5/h2,9-12,18,20,29H,6,8,13-15H2,1,3-5H3,(H2,25,30)(H,26,31)(H,27,33). The van der Waals surface area contributed by atoms with E-state index in [9.17, 15) is 24.3 Å². The maximum Gasteiger partial charge on any atom is 0.408 e. The van der Waals surface area contributed by atoms with Gasteiger partial charge in [0.2, 0.25) is 11.8 Å². The van der Waals surface area contributed by atoms with Crippen LogP contribution >= 0.6 is 0 Å². The molecule has 0 fully saturated rings. The Morgan fingerprint density at radius 3 is 2.32 bits per heavy atom. The fraction of sp³-hybridized carbons (Fsp3) is 0.500. The van der Waals surface area contributed by atoms with Crippen molar-refractivity contribution < 1.29 is 29.0 Å². The van der Waals surface area contributed by atoms with E-state index in [0.717, 1.165) is 17.7 Å². The lowest BCUT2D eigenvalue weighted by Gasteiger charge is -2.30. The number of nitrogens with one attached hydrogen (secondary N) is 2. The molecule has 0 saturated carbocycles. The number of rotatable bonds is 11. The van der Waals surface area contributed by atoms with Crippen molar-refractivity contribution in [3.05, 3.63) is 29.8 Å². The molecule has 2 unspecified atom stereocenters. The van der Waals surface area contributed by atoms with E-state index in [0.29, 0.717) is 12.1 Å². The number of ether oxygens (including phenoxy) is 1. The molecule has 0 aliphatic carbocycles. The molecule has 1 rings (SSSR count). The normalized spacial score (nSPS) is 12.6. The molecule has 0 spiro atoms. The zero-order chi connectivity index (χ0) is 25.9. The number of primary amides is 1. The summed E-state index contributed by atoms with van der Waals surface area (Å²) in [7, 11) is 0. The number of alkyl carbamates (subject to hydrolysis) is 1. The molecule has 186 valence electrons. The Morgan fingerprint density at radius 1 is 1.21 bits per heavy atom. The monoisotopic (exact) mass is 474 g/mol. The molecule has 1 aromatic carbocycles. The van der Waals surface area contributed by atoms with E-state index in [2.05, 4.69) is 16.7 Å². The van der Waals surface area contributed by atoms with Crippen LogP contribution < -0.4 is 16.4 Å². The van der Waals surface area contributed by atoms with Gasteiger partial charge in [0.25, 0.3) is 5.91 Å². The van der Waals surface area contributed by atoms with Gasteiger partial charge in [-0.3, -0.25) is 19.3 Å². The molecule has 34 heavy (non-hydrogen) atoms. The molecule has 10 heteroatoms. The molecule has 0 saturated heterocycles. The number of hydrogen-bond donors (Lipinski definition) is 4. The summed E-state index contributed by atoms with van der Waals surface area (Å²) < 4.78 is 5.21. The highest BCUT2D eigenvalue weighted by Gasteiger charge is 2.35. The Morgan fingerprint density at radius 2 is 1.82 bits per heavy atom. The van der Waals surface area contributed by atoms with Crippen LogP contribution in [-0.4, -0.2) is 52.0 Å². The molecule has 0 radical (unpaired) electrons. The number of terminal acetylenes is 1. The summed E-state index contributed by atoms with van der Waals surface area (Å²) in [4.78, 5) is 51.0. The topological polar surface area (TPSA) is 151 Å². The SMILES string of the molecule is C#CN(C(=O)C(CCC(N)=O)NC(=O)OC(C)(C)C)C(C(=O)NCCCC)c1ccc(O)cc1. The molecule has 10 nitrogen and oxygen atoms in total. The average Bonchev–Trinajstić information content (AvgIpc) is 2.74. The number of carbonyl (C=O) groups is 4. The number of nitrogens with two attached hydrogens (primary N) is 1. The lowest BCUT2D eigenvalue weighted by Crippen LogP contribution is -2.51. The van der Waals surface area contributed by atoms with E-state index in [1.807, 2.05) is 6.92 Å². The maximum absolute atomic E-state index is 13.4. The number of carbonyl (C=O) groups excluding carboxylic acids is 4. The molecule has 1 aromatic rings. The molecule has 0 heterocycles. The summed E-state index contributed by atoms with van der Waals surface area (Å²) in [5, 5.41) is 14.8. The van der Waals surface area contributed by atoms with Crippen molar-refractivity contribution >= 4 is 23.8 Å². The number of aromatic hydroxyl groups is 1. The van der Waals surface area contributed by atoms with E-state index in [-0.39, 0.29) is 18.6 Å². The van der Waals surface area contributed by atoms with E-state index in [1.54, 1.807) is 20.8 Å². The van der Waals surface area contributed by atoms with Gasteiger partial charge < -0.3 is 26.2 Å². The van der Waals surface area contributed by atoms with Gasteiger partial charge in [0, 0.05) is 19.0 Å². The van der Waals surface area contributed by atoms with Crippen molar-refractivity contribution in [3.63, 3.8) is 0 Å². The van der Waals surface area contributed by atoms with E-state index >= 15 is 0 Å². The van der Waals surface area contributed by atoms with Gasteiger partial charge in [0.1, 0.15) is 23.4 Å². The molecular formula is C24H34N4O6. The molecular weight excluding hydrogens is 440 g/mol. The van der Waals surface area contributed by atoms with Gasteiger partial charge in [0.15, 0.2) is 0 Å². The Hall–Kier alpha value is -3.74. The van der Waals surface area contributed by atoms with Crippen molar-refractivity contribution in [1.29, 1.82) is 0 Å². The summed E-state index contributed by atoms with van der Waals surface area (Å²) in [6.45, 7) is 7.30. The quantitative estimate of drug-likeness (QED) is 0.219. The van der Waals surface area contributed by atoms with Crippen LogP contribution in [0.1, 0.15) is 65.0 Å². The van der Waals surface area contributed by atoms with Crippen molar-refractivity contribution in [1.82, 2.24) is 15.5 Å². The van der Waals surface area contributed by atoms with Gasteiger partial charge in [-0.25, -0.2) is 4.79 Å². The predicted molar refractivity (Wildman–Crippen MR) is 126 cm³/mol. The van der Waals surface area contributed by atoms with Crippen LogP contribution in [0.5, 0.6) is 5.75 Å². The zero-order valence-corrected chi connectivity index (χ0v) is 20.1. The highest BCUT2D eigenvalue weighted by Crippen LogP contribution is 2.24. The van der Waals surface area contributed by atoms with Crippen LogP contribution in [0.4, 0.5) is 4.79 Å². The highest BCUT2D eigenvalue weighted by atomic mass is 16.6. The van der Waals surface area contributed by atoms with Crippen LogP contribution in [0.3, 0.4) is 0 Å².